The molecular weight excluding hydrogens is 318 g/mol. The molecule has 2 unspecified atom stereocenters. The highest BCUT2D eigenvalue weighted by Gasteiger charge is 2.53. The molecule has 1 nitrogen and oxygen atoms in total. The van der Waals surface area contributed by atoms with Gasteiger partial charge in [0.2, 0.25) is 0 Å². The van der Waals surface area contributed by atoms with Crippen molar-refractivity contribution in [2.75, 3.05) is 6.54 Å². The molecule has 1 aromatic heterocycles. The Balaban J connectivity index is 1.70. The average Bonchev–Trinajstić information content (AvgIpc) is 2.71. The Bertz CT molecular complexity index is 450. The first-order valence-corrected chi connectivity index (χ1v) is 9.01. The van der Waals surface area contributed by atoms with Crippen molar-refractivity contribution >= 4 is 27.3 Å². The lowest BCUT2D eigenvalue weighted by atomic mass is 9.78. The zero-order chi connectivity index (χ0) is 13.7. The molecule has 1 aromatic rings. The average molecular weight is 342 g/mol. The second kappa shape index (κ2) is 4.85. The van der Waals surface area contributed by atoms with Gasteiger partial charge in [-0.1, -0.05) is 0 Å². The van der Waals surface area contributed by atoms with Gasteiger partial charge in [-0.15, -0.1) is 11.3 Å². The molecule has 3 heteroatoms. The summed E-state index contributed by atoms with van der Waals surface area (Å²) in [6, 6.07) is 2.31. The summed E-state index contributed by atoms with van der Waals surface area (Å²) in [5, 5.41) is 5.98. The predicted octanol–water partition coefficient (Wildman–Crippen LogP) is 4.86. The minimum absolute atomic E-state index is 0.232. The Morgan fingerprint density at radius 1 is 1.37 bits per heavy atom. The predicted molar refractivity (Wildman–Crippen MR) is 86.7 cm³/mol. The van der Waals surface area contributed by atoms with E-state index in [0.29, 0.717) is 5.41 Å². The van der Waals surface area contributed by atoms with Crippen molar-refractivity contribution in [1.29, 1.82) is 0 Å². The maximum Gasteiger partial charge on any atom is 0.0285 e. The molecule has 19 heavy (non-hydrogen) atoms. The van der Waals surface area contributed by atoms with Gasteiger partial charge in [0.05, 0.1) is 0 Å². The van der Waals surface area contributed by atoms with Crippen LogP contribution in [0.2, 0.25) is 0 Å². The summed E-state index contributed by atoms with van der Waals surface area (Å²) in [5.74, 6) is 2.09. The third-order valence-electron chi connectivity index (χ3n) is 4.62. The SMILES string of the molecule is CC(C)(C)NCC1(Cc2cc(Br)cs2)CC2CC2C1. The summed E-state index contributed by atoms with van der Waals surface area (Å²) in [5.41, 5.74) is 0.751. The summed E-state index contributed by atoms with van der Waals surface area (Å²) < 4.78 is 1.24. The molecule has 3 rings (SSSR count). The van der Waals surface area contributed by atoms with E-state index in [-0.39, 0.29) is 5.54 Å². The van der Waals surface area contributed by atoms with E-state index in [0.717, 1.165) is 11.8 Å². The first-order valence-electron chi connectivity index (χ1n) is 7.33. The number of fused-ring (bicyclic) bond motifs is 1. The molecule has 1 heterocycles. The molecule has 0 aliphatic heterocycles. The molecule has 1 N–H and O–H groups in total. The highest BCUT2D eigenvalue weighted by atomic mass is 79.9. The van der Waals surface area contributed by atoms with Crippen LogP contribution in [0, 0.1) is 17.3 Å². The molecule has 0 aromatic carbocycles. The highest BCUT2D eigenvalue weighted by molar-refractivity contribution is 9.10. The van der Waals surface area contributed by atoms with Gasteiger partial charge in [0, 0.05) is 26.8 Å². The van der Waals surface area contributed by atoms with Gasteiger partial charge >= 0.3 is 0 Å². The molecule has 2 fully saturated rings. The molecule has 2 aliphatic rings. The Morgan fingerprint density at radius 3 is 2.58 bits per heavy atom. The fourth-order valence-electron chi connectivity index (χ4n) is 3.63. The summed E-state index contributed by atoms with van der Waals surface area (Å²) in [7, 11) is 0. The van der Waals surface area contributed by atoms with Crippen LogP contribution in [0.25, 0.3) is 0 Å². The number of hydrogen-bond donors (Lipinski definition) is 1. The van der Waals surface area contributed by atoms with Gasteiger partial charge in [0.1, 0.15) is 0 Å². The smallest absolute Gasteiger partial charge is 0.0285 e. The van der Waals surface area contributed by atoms with E-state index >= 15 is 0 Å². The van der Waals surface area contributed by atoms with Gasteiger partial charge in [-0.05, 0) is 85.7 Å². The summed E-state index contributed by atoms with van der Waals surface area (Å²) in [4.78, 5) is 1.55. The normalized spacial score (nSPS) is 33.5. The van der Waals surface area contributed by atoms with Gasteiger partial charge in [0.25, 0.3) is 0 Å². The standard InChI is InChI=1S/C16H24BrNS/c1-15(2,3)18-10-16(6-11-4-12(11)7-16)8-14-5-13(17)9-19-14/h5,9,11-12,18H,4,6-8,10H2,1-3H3. The first-order chi connectivity index (χ1) is 8.85. The molecule has 0 amide bonds. The van der Waals surface area contributed by atoms with Crippen LogP contribution in [0.1, 0.15) is 44.9 Å². The molecule has 0 saturated heterocycles. The van der Waals surface area contributed by atoms with Crippen LogP contribution < -0.4 is 5.32 Å². The summed E-state index contributed by atoms with van der Waals surface area (Å²) in [6.45, 7) is 8.01. The number of rotatable bonds is 4. The summed E-state index contributed by atoms with van der Waals surface area (Å²) >= 11 is 5.50. The van der Waals surface area contributed by atoms with E-state index in [4.69, 9.17) is 0 Å². The Morgan fingerprint density at radius 2 is 2.05 bits per heavy atom. The van der Waals surface area contributed by atoms with E-state index in [1.54, 1.807) is 4.88 Å². The fraction of sp³-hybridized carbons (Fsp3) is 0.750. The van der Waals surface area contributed by atoms with Crippen molar-refractivity contribution < 1.29 is 0 Å². The number of hydrogen-bond acceptors (Lipinski definition) is 2. The van der Waals surface area contributed by atoms with E-state index in [1.165, 1.54) is 36.7 Å². The lowest BCUT2D eigenvalue weighted by molar-refractivity contribution is 0.223. The molecule has 0 spiro atoms. The third-order valence-corrected chi connectivity index (χ3v) is 6.32. The first kappa shape index (κ1) is 14.1. The molecule has 2 atom stereocenters. The van der Waals surface area contributed by atoms with E-state index in [9.17, 15) is 0 Å². The molecule has 0 radical (unpaired) electrons. The van der Waals surface area contributed by atoms with E-state index in [2.05, 4.69) is 53.5 Å². The van der Waals surface area contributed by atoms with Gasteiger partial charge in [-0.3, -0.25) is 0 Å². The zero-order valence-electron chi connectivity index (χ0n) is 12.1. The van der Waals surface area contributed by atoms with E-state index < -0.39 is 0 Å². The lowest BCUT2D eigenvalue weighted by Gasteiger charge is -2.34. The Labute approximate surface area is 129 Å². The van der Waals surface area contributed by atoms with Crippen LogP contribution >= 0.6 is 27.3 Å². The second-order valence-corrected chi connectivity index (χ2v) is 9.59. The summed E-state index contributed by atoms with van der Waals surface area (Å²) in [6.07, 6.45) is 5.65. The van der Waals surface area contributed by atoms with Crippen LogP contribution in [-0.2, 0) is 6.42 Å². The van der Waals surface area contributed by atoms with Gasteiger partial charge in [0.15, 0.2) is 0 Å². The van der Waals surface area contributed by atoms with Crippen molar-refractivity contribution in [3.63, 3.8) is 0 Å². The topological polar surface area (TPSA) is 12.0 Å². The molecule has 106 valence electrons. The van der Waals surface area contributed by atoms with Crippen LogP contribution in [0.4, 0.5) is 0 Å². The molecule has 2 saturated carbocycles. The van der Waals surface area contributed by atoms with Crippen LogP contribution in [0.5, 0.6) is 0 Å². The molecule has 0 bridgehead atoms. The maximum atomic E-state index is 3.77. The minimum Gasteiger partial charge on any atom is -0.312 e. The molecular formula is C16H24BrNS. The van der Waals surface area contributed by atoms with Crippen molar-refractivity contribution in [1.82, 2.24) is 5.32 Å². The largest absolute Gasteiger partial charge is 0.312 e. The van der Waals surface area contributed by atoms with Gasteiger partial charge in [-0.2, -0.15) is 0 Å². The number of nitrogens with one attached hydrogen (secondary N) is 1. The van der Waals surface area contributed by atoms with Crippen molar-refractivity contribution in [2.45, 2.75) is 52.0 Å². The van der Waals surface area contributed by atoms with E-state index in [1.807, 2.05) is 11.3 Å². The quantitative estimate of drug-likeness (QED) is 0.824. The van der Waals surface area contributed by atoms with Crippen LogP contribution in [0.15, 0.2) is 15.9 Å². The Hall–Kier alpha value is 0.140. The van der Waals surface area contributed by atoms with Crippen LogP contribution in [0.3, 0.4) is 0 Å². The van der Waals surface area contributed by atoms with Gasteiger partial charge in [-0.25, -0.2) is 0 Å². The highest BCUT2D eigenvalue weighted by Crippen LogP contribution is 2.60. The fourth-order valence-corrected chi connectivity index (χ4v) is 5.25. The molecule has 2 aliphatic carbocycles. The zero-order valence-corrected chi connectivity index (χ0v) is 14.5. The lowest BCUT2D eigenvalue weighted by Crippen LogP contribution is -2.44. The maximum absolute atomic E-state index is 3.77. The third kappa shape index (κ3) is 3.43. The monoisotopic (exact) mass is 341 g/mol. The number of thiophene rings is 1. The minimum atomic E-state index is 0.232. The van der Waals surface area contributed by atoms with Crippen molar-refractivity contribution in [3.05, 3.63) is 20.8 Å². The van der Waals surface area contributed by atoms with Gasteiger partial charge < -0.3 is 5.32 Å². The Kier molecular flexibility index (Phi) is 3.60. The van der Waals surface area contributed by atoms with Crippen molar-refractivity contribution in [3.8, 4) is 0 Å². The second-order valence-electron chi connectivity index (χ2n) is 7.68. The van der Waals surface area contributed by atoms with Crippen molar-refractivity contribution in [2.24, 2.45) is 17.3 Å². The number of halogens is 1. The van der Waals surface area contributed by atoms with Crippen LogP contribution in [-0.4, -0.2) is 12.1 Å².